The Morgan fingerprint density at radius 2 is 1.67 bits per heavy atom. The van der Waals surface area contributed by atoms with Crippen molar-refractivity contribution in [3.63, 3.8) is 0 Å². The largest absolute Gasteiger partial charge is 0.402 e. The molecule has 120 valence electrons. The second-order valence-electron chi connectivity index (χ2n) is 4.73. The van der Waals surface area contributed by atoms with E-state index in [4.69, 9.17) is 0 Å². The molecular weight excluding hydrogens is 298 g/mol. The third-order valence-corrected chi connectivity index (χ3v) is 2.95. The number of halogens is 6. The molecule has 1 unspecified atom stereocenters. The van der Waals surface area contributed by atoms with Crippen LogP contribution in [0.4, 0.5) is 26.3 Å². The van der Waals surface area contributed by atoms with Crippen molar-refractivity contribution in [3.05, 3.63) is 29.6 Å². The van der Waals surface area contributed by atoms with Gasteiger partial charge in [0.1, 0.15) is 0 Å². The quantitative estimate of drug-likeness (QED) is 0.825. The molecule has 0 saturated carbocycles. The van der Waals surface area contributed by atoms with Crippen molar-refractivity contribution in [3.8, 4) is 0 Å². The van der Waals surface area contributed by atoms with Crippen molar-refractivity contribution in [2.75, 3.05) is 6.54 Å². The monoisotopic (exact) mass is 314 g/mol. The summed E-state index contributed by atoms with van der Waals surface area (Å²) in [6, 6.07) is 0.720. The topological polar surface area (TPSA) is 24.9 Å². The van der Waals surface area contributed by atoms with Crippen LogP contribution in [0.25, 0.3) is 0 Å². The van der Waals surface area contributed by atoms with Crippen LogP contribution in [0.15, 0.2) is 18.3 Å². The van der Waals surface area contributed by atoms with E-state index in [0.29, 0.717) is 12.1 Å². The first-order chi connectivity index (χ1) is 9.57. The maximum atomic E-state index is 12.9. The predicted molar refractivity (Wildman–Crippen MR) is 65.6 cm³/mol. The minimum atomic E-state index is -5.39. The fourth-order valence-corrected chi connectivity index (χ4v) is 1.95. The van der Waals surface area contributed by atoms with Crippen LogP contribution in [0, 0.1) is 12.8 Å². The van der Waals surface area contributed by atoms with E-state index in [1.54, 1.807) is 13.8 Å². The molecular formula is C13H16F6N2. The lowest BCUT2D eigenvalue weighted by atomic mass is 9.92. The van der Waals surface area contributed by atoms with Gasteiger partial charge in [-0.3, -0.25) is 4.98 Å². The van der Waals surface area contributed by atoms with Crippen LogP contribution in [0.2, 0.25) is 0 Å². The molecule has 0 bridgehead atoms. The van der Waals surface area contributed by atoms with E-state index in [0.717, 1.165) is 6.20 Å². The lowest BCUT2D eigenvalue weighted by molar-refractivity contribution is -0.292. The molecule has 0 saturated heterocycles. The summed E-state index contributed by atoms with van der Waals surface area (Å²) in [6.45, 7) is 3.30. The molecule has 1 rings (SSSR count). The second kappa shape index (κ2) is 6.64. The summed E-state index contributed by atoms with van der Waals surface area (Å²) in [4.78, 5) is 3.78. The third kappa shape index (κ3) is 4.87. The molecule has 2 nitrogen and oxygen atoms in total. The summed E-state index contributed by atoms with van der Waals surface area (Å²) in [5.74, 6) is -3.47. The molecule has 0 radical (unpaired) electrons. The van der Waals surface area contributed by atoms with Gasteiger partial charge < -0.3 is 5.32 Å². The van der Waals surface area contributed by atoms with Crippen molar-refractivity contribution in [1.29, 1.82) is 0 Å². The second-order valence-corrected chi connectivity index (χ2v) is 4.73. The summed E-state index contributed by atoms with van der Waals surface area (Å²) in [6.07, 6.45) is -9.32. The molecule has 0 aliphatic heterocycles. The van der Waals surface area contributed by atoms with Gasteiger partial charge in [-0.15, -0.1) is 0 Å². The smallest absolute Gasteiger partial charge is 0.309 e. The Labute approximate surface area is 118 Å². The minimum Gasteiger partial charge on any atom is -0.309 e. The molecule has 0 aliphatic carbocycles. The Morgan fingerprint density at radius 1 is 1.10 bits per heavy atom. The molecule has 21 heavy (non-hydrogen) atoms. The summed E-state index contributed by atoms with van der Waals surface area (Å²) in [7, 11) is 0. The number of nitrogens with zero attached hydrogens (tertiary/aromatic N) is 1. The maximum Gasteiger partial charge on any atom is 0.402 e. The third-order valence-electron chi connectivity index (χ3n) is 2.95. The van der Waals surface area contributed by atoms with Gasteiger partial charge in [0, 0.05) is 11.9 Å². The first-order valence-electron chi connectivity index (χ1n) is 6.36. The van der Waals surface area contributed by atoms with Gasteiger partial charge in [0.15, 0.2) is 5.92 Å². The lowest BCUT2D eigenvalue weighted by Crippen LogP contribution is -2.46. The number of pyridine rings is 1. The fourth-order valence-electron chi connectivity index (χ4n) is 1.95. The van der Waals surface area contributed by atoms with Crippen LogP contribution in [0.3, 0.4) is 0 Å². The molecule has 1 heterocycles. The fraction of sp³-hybridized carbons (Fsp3) is 0.615. The van der Waals surface area contributed by atoms with Crippen LogP contribution in [-0.2, 0) is 0 Å². The molecule has 0 aliphatic rings. The average molecular weight is 314 g/mol. The highest BCUT2D eigenvalue weighted by Gasteiger charge is 2.60. The van der Waals surface area contributed by atoms with E-state index < -0.39 is 24.3 Å². The zero-order chi connectivity index (χ0) is 16.3. The first-order valence-corrected chi connectivity index (χ1v) is 6.36. The van der Waals surface area contributed by atoms with Crippen molar-refractivity contribution < 1.29 is 26.3 Å². The highest BCUT2D eigenvalue weighted by atomic mass is 19.4. The van der Waals surface area contributed by atoms with Crippen LogP contribution < -0.4 is 5.32 Å². The van der Waals surface area contributed by atoms with E-state index >= 15 is 0 Å². The normalized spacial score (nSPS) is 14.5. The summed E-state index contributed by atoms with van der Waals surface area (Å²) >= 11 is 0. The van der Waals surface area contributed by atoms with Gasteiger partial charge in [-0.1, -0.05) is 13.0 Å². The molecule has 0 amide bonds. The van der Waals surface area contributed by atoms with Gasteiger partial charge in [0.25, 0.3) is 0 Å². The average Bonchev–Trinajstić information content (AvgIpc) is 2.32. The zero-order valence-electron chi connectivity index (χ0n) is 11.5. The zero-order valence-corrected chi connectivity index (χ0v) is 11.5. The molecule has 0 fully saturated rings. The number of hydrogen-bond acceptors (Lipinski definition) is 2. The van der Waals surface area contributed by atoms with E-state index in [1.165, 1.54) is 12.1 Å². The maximum absolute atomic E-state index is 12.9. The van der Waals surface area contributed by atoms with E-state index in [9.17, 15) is 26.3 Å². The molecule has 0 spiro atoms. The molecule has 1 N–H and O–H groups in total. The molecule has 1 aromatic heterocycles. The van der Waals surface area contributed by atoms with Gasteiger partial charge in [-0.05, 0) is 31.5 Å². The van der Waals surface area contributed by atoms with Crippen LogP contribution in [-0.4, -0.2) is 23.9 Å². The number of hydrogen-bond donors (Lipinski definition) is 1. The van der Waals surface area contributed by atoms with Crippen molar-refractivity contribution in [2.45, 2.75) is 38.7 Å². The highest BCUT2D eigenvalue weighted by molar-refractivity contribution is 5.19. The van der Waals surface area contributed by atoms with E-state index in [2.05, 4.69) is 10.3 Å². The molecule has 8 heteroatoms. The summed E-state index contributed by atoms with van der Waals surface area (Å²) in [5.41, 5.74) is 0.386. The minimum absolute atomic E-state index is 0.0429. The van der Waals surface area contributed by atoms with E-state index in [-0.39, 0.29) is 12.1 Å². The SMILES string of the molecule is CCCNC(c1ccc(C)nc1)C(C(F)(F)F)C(F)(F)F. The van der Waals surface area contributed by atoms with Gasteiger partial charge in [-0.2, -0.15) is 26.3 Å². The Morgan fingerprint density at radius 3 is 2.05 bits per heavy atom. The number of rotatable bonds is 5. The van der Waals surface area contributed by atoms with Crippen molar-refractivity contribution in [2.24, 2.45) is 5.92 Å². The predicted octanol–water partition coefficient (Wildman–Crippen LogP) is 4.17. The van der Waals surface area contributed by atoms with E-state index in [1.807, 2.05) is 0 Å². The van der Waals surface area contributed by atoms with Crippen LogP contribution in [0.1, 0.15) is 30.6 Å². The van der Waals surface area contributed by atoms with Gasteiger partial charge in [0.05, 0.1) is 6.04 Å². The highest BCUT2D eigenvalue weighted by Crippen LogP contribution is 2.46. The summed E-state index contributed by atoms with van der Waals surface area (Å²) < 4.78 is 77.3. The van der Waals surface area contributed by atoms with Crippen molar-refractivity contribution in [1.82, 2.24) is 10.3 Å². The van der Waals surface area contributed by atoms with Crippen LogP contribution >= 0.6 is 0 Å². The lowest BCUT2D eigenvalue weighted by Gasteiger charge is -2.31. The summed E-state index contributed by atoms with van der Waals surface area (Å²) in [5, 5.41) is 2.34. The number of aromatic nitrogens is 1. The Hall–Kier alpha value is -1.31. The molecule has 1 atom stereocenters. The van der Waals surface area contributed by atoms with Gasteiger partial charge >= 0.3 is 12.4 Å². The standard InChI is InChI=1S/C13H16F6N2/c1-3-6-20-10(9-5-4-8(2)21-7-9)11(12(14,15)16)13(17,18)19/h4-5,7,10-11,20H,3,6H2,1-2H3. The molecule has 1 aromatic rings. The Bertz CT molecular complexity index is 423. The molecule has 0 aromatic carbocycles. The number of nitrogens with one attached hydrogen (secondary N) is 1. The number of aryl methyl sites for hydroxylation is 1. The Balaban J connectivity index is 3.23. The first kappa shape index (κ1) is 17.7. The van der Waals surface area contributed by atoms with Crippen LogP contribution in [0.5, 0.6) is 0 Å². The Kier molecular flexibility index (Phi) is 5.61. The van der Waals surface area contributed by atoms with Gasteiger partial charge in [-0.25, -0.2) is 0 Å². The van der Waals surface area contributed by atoms with Crippen molar-refractivity contribution >= 4 is 0 Å². The number of alkyl halides is 6. The van der Waals surface area contributed by atoms with Gasteiger partial charge in [0.2, 0.25) is 0 Å².